The maximum atomic E-state index is 12.6. The molecule has 2 aromatic rings. The van der Waals surface area contributed by atoms with Gasteiger partial charge in [-0.1, -0.05) is 19.9 Å². The van der Waals surface area contributed by atoms with E-state index in [0.717, 1.165) is 26.1 Å². The van der Waals surface area contributed by atoms with Crippen LogP contribution in [-0.2, 0) is 0 Å². The molecule has 0 saturated carbocycles. The number of hydrogen-bond donors (Lipinski definition) is 2. The number of amides is 1. The van der Waals surface area contributed by atoms with Crippen LogP contribution in [0.1, 0.15) is 37.0 Å². The number of carbonyl (C=O) groups is 1. The molecule has 0 spiro atoms. The Balaban J connectivity index is 1.59. The number of anilines is 2. The first kappa shape index (κ1) is 23.5. The molecule has 0 radical (unpaired) electrons. The Morgan fingerprint density at radius 1 is 1.19 bits per heavy atom. The van der Waals surface area contributed by atoms with Crippen LogP contribution in [0.25, 0.3) is 0 Å². The summed E-state index contributed by atoms with van der Waals surface area (Å²) in [6, 6.07) is 11.5. The number of ether oxygens (including phenoxy) is 1. The average molecular weight is 441 g/mol. The summed E-state index contributed by atoms with van der Waals surface area (Å²) >= 11 is 0. The van der Waals surface area contributed by atoms with E-state index in [2.05, 4.69) is 29.4 Å². The van der Waals surface area contributed by atoms with E-state index in [9.17, 15) is 14.9 Å². The molecule has 2 N–H and O–H groups in total. The number of likely N-dealkylation sites (tertiary alicyclic amines) is 1. The van der Waals surface area contributed by atoms with Gasteiger partial charge in [-0.15, -0.1) is 0 Å². The molecule has 2 atom stereocenters. The lowest BCUT2D eigenvalue weighted by atomic mass is 9.92. The first-order valence-corrected chi connectivity index (χ1v) is 11.1. The minimum atomic E-state index is -0.460. The highest BCUT2D eigenvalue weighted by molar-refractivity contribution is 6.05. The minimum absolute atomic E-state index is 0.108. The molecule has 3 rings (SSSR count). The zero-order valence-electron chi connectivity index (χ0n) is 19.0. The quantitative estimate of drug-likeness (QED) is 0.335. The van der Waals surface area contributed by atoms with Crippen LogP contribution in [0.2, 0.25) is 0 Å². The summed E-state index contributed by atoms with van der Waals surface area (Å²) < 4.78 is 5.15. The Kier molecular flexibility index (Phi) is 8.05. The van der Waals surface area contributed by atoms with Crippen molar-refractivity contribution in [2.45, 2.75) is 26.7 Å². The number of nitrogens with one attached hydrogen (secondary N) is 2. The first-order valence-electron chi connectivity index (χ1n) is 11.1. The van der Waals surface area contributed by atoms with Crippen LogP contribution in [0.5, 0.6) is 5.75 Å². The summed E-state index contributed by atoms with van der Waals surface area (Å²) in [5.74, 6) is 1.62. The van der Waals surface area contributed by atoms with Gasteiger partial charge < -0.3 is 20.3 Å². The smallest absolute Gasteiger partial charge is 0.293 e. The van der Waals surface area contributed by atoms with Gasteiger partial charge in [0.25, 0.3) is 11.6 Å². The predicted molar refractivity (Wildman–Crippen MR) is 127 cm³/mol. The molecule has 0 bridgehead atoms. The van der Waals surface area contributed by atoms with Gasteiger partial charge in [-0.2, -0.15) is 0 Å². The summed E-state index contributed by atoms with van der Waals surface area (Å²) in [7, 11) is 1.55. The molecule has 1 saturated heterocycles. The Labute approximate surface area is 189 Å². The summed E-state index contributed by atoms with van der Waals surface area (Å²) in [6.07, 6.45) is 2.17. The van der Waals surface area contributed by atoms with Gasteiger partial charge in [-0.25, -0.2) is 0 Å². The van der Waals surface area contributed by atoms with E-state index < -0.39 is 10.8 Å². The maximum absolute atomic E-state index is 12.6. The Morgan fingerprint density at radius 2 is 1.94 bits per heavy atom. The largest absolute Gasteiger partial charge is 0.497 e. The lowest BCUT2D eigenvalue weighted by Crippen LogP contribution is -2.39. The second-order valence-electron chi connectivity index (χ2n) is 8.66. The van der Waals surface area contributed by atoms with Crippen molar-refractivity contribution in [2.75, 3.05) is 43.9 Å². The van der Waals surface area contributed by atoms with Crippen molar-refractivity contribution in [1.82, 2.24) is 4.90 Å². The summed E-state index contributed by atoms with van der Waals surface area (Å²) in [6.45, 7) is 8.40. The molecule has 0 aromatic heterocycles. The molecule has 1 amide bonds. The van der Waals surface area contributed by atoms with Crippen molar-refractivity contribution in [3.63, 3.8) is 0 Å². The van der Waals surface area contributed by atoms with E-state index >= 15 is 0 Å². The van der Waals surface area contributed by atoms with Crippen molar-refractivity contribution in [1.29, 1.82) is 0 Å². The van der Waals surface area contributed by atoms with E-state index in [-0.39, 0.29) is 11.3 Å². The summed E-state index contributed by atoms with van der Waals surface area (Å²) in [5.41, 5.74) is 1.10. The number of piperidine rings is 1. The number of carbonyl (C=O) groups excluding carboxylic acids is 1. The highest BCUT2D eigenvalue weighted by Crippen LogP contribution is 2.27. The molecular weight excluding hydrogens is 408 g/mol. The molecule has 1 heterocycles. The molecular formula is C24H32N4O4. The third-order valence-electron chi connectivity index (χ3n) is 5.70. The topological polar surface area (TPSA) is 96.7 Å². The van der Waals surface area contributed by atoms with Crippen LogP contribution in [0.3, 0.4) is 0 Å². The zero-order valence-corrected chi connectivity index (χ0v) is 19.0. The van der Waals surface area contributed by atoms with Crippen molar-refractivity contribution >= 4 is 23.0 Å². The highest BCUT2D eigenvalue weighted by atomic mass is 16.6. The van der Waals surface area contributed by atoms with E-state index in [1.165, 1.54) is 12.5 Å². The molecule has 0 unspecified atom stereocenters. The van der Waals surface area contributed by atoms with Gasteiger partial charge in [0.15, 0.2) is 0 Å². The lowest BCUT2D eigenvalue weighted by molar-refractivity contribution is -0.384. The van der Waals surface area contributed by atoms with Crippen molar-refractivity contribution in [3.8, 4) is 5.75 Å². The van der Waals surface area contributed by atoms with Gasteiger partial charge in [-0.3, -0.25) is 14.9 Å². The number of hydrogen-bond acceptors (Lipinski definition) is 6. The second kappa shape index (κ2) is 10.9. The van der Waals surface area contributed by atoms with Crippen LogP contribution in [-0.4, -0.2) is 49.0 Å². The van der Waals surface area contributed by atoms with E-state index in [0.29, 0.717) is 35.5 Å². The first-order chi connectivity index (χ1) is 15.4. The third-order valence-corrected chi connectivity index (χ3v) is 5.70. The number of rotatable bonds is 9. The van der Waals surface area contributed by atoms with Crippen LogP contribution < -0.4 is 15.4 Å². The Bertz CT molecular complexity index is 939. The summed E-state index contributed by atoms with van der Waals surface area (Å²) in [4.78, 5) is 26.2. The molecule has 1 aliphatic rings. The SMILES string of the molecule is COc1cccc(NC(=O)c2ccc(NCCCN3C[C@@H](C)C[C@H](C)C3)c([N+](=O)[O-])c2)c1. The van der Waals surface area contributed by atoms with Crippen LogP contribution in [0, 0.1) is 22.0 Å². The fourth-order valence-electron chi connectivity index (χ4n) is 4.38. The standard InChI is InChI=1S/C24H32N4O4/c1-17-12-18(2)16-27(15-17)11-5-10-25-22-9-8-19(13-23(22)28(30)31)24(29)26-20-6-4-7-21(14-20)32-3/h4,6-9,13-14,17-18,25H,5,10-12,15-16H2,1-3H3,(H,26,29)/t17-,18-/m0/s1. The number of methoxy groups -OCH3 is 1. The van der Waals surface area contributed by atoms with Gasteiger partial charge in [0, 0.05) is 43.0 Å². The van der Waals surface area contributed by atoms with Gasteiger partial charge in [0.2, 0.25) is 0 Å². The normalized spacial score (nSPS) is 18.7. The van der Waals surface area contributed by atoms with Gasteiger partial charge in [0.05, 0.1) is 12.0 Å². The molecule has 1 fully saturated rings. The third kappa shape index (κ3) is 6.43. The number of nitro groups is 1. The Morgan fingerprint density at radius 3 is 2.62 bits per heavy atom. The number of nitrogens with zero attached hydrogens (tertiary/aromatic N) is 2. The Hall–Kier alpha value is -3.13. The van der Waals surface area contributed by atoms with E-state index in [1.807, 2.05) is 0 Å². The molecule has 8 heteroatoms. The fraction of sp³-hybridized carbons (Fsp3) is 0.458. The molecule has 32 heavy (non-hydrogen) atoms. The van der Waals surface area contributed by atoms with Gasteiger partial charge >= 0.3 is 0 Å². The van der Waals surface area contributed by atoms with Crippen LogP contribution in [0.4, 0.5) is 17.1 Å². The van der Waals surface area contributed by atoms with Gasteiger partial charge in [0.1, 0.15) is 11.4 Å². The van der Waals surface area contributed by atoms with Crippen LogP contribution in [0.15, 0.2) is 42.5 Å². The number of benzene rings is 2. The minimum Gasteiger partial charge on any atom is -0.497 e. The monoisotopic (exact) mass is 440 g/mol. The second-order valence-corrected chi connectivity index (χ2v) is 8.66. The van der Waals surface area contributed by atoms with Crippen molar-refractivity contribution in [3.05, 3.63) is 58.1 Å². The fourth-order valence-corrected chi connectivity index (χ4v) is 4.38. The molecule has 8 nitrogen and oxygen atoms in total. The lowest BCUT2D eigenvalue weighted by Gasteiger charge is -2.34. The molecule has 172 valence electrons. The van der Waals surface area contributed by atoms with Gasteiger partial charge in [-0.05, 0) is 55.5 Å². The number of nitro benzene ring substituents is 1. The highest BCUT2D eigenvalue weighted by Gasteiger charge is 2.21. The van der Waals surface area contributed by atoms with Crippen molar-refractivity contribution < 1.29 is 14.5 Å². The predicted octanol–water partition coefficient (Wildman–Crippen LogP) is 4.64. The average Bonchev–Trinajstić information content (AvgIpc) is 2.76. The van der Waals surface area contributed by atoms with E-state index in [1.54, 1.807) is 43.5 Å². The molecule has 0 aliphatic carbocycles. The molecule has 2 aromatic carbocycles. The van der Waals surface area contributed by atoms with Crippen molar-refractivity contribution in [2.24, 2.45) is 11.8 Å². The maximum Gasteiger partial charge on any atom is 0.293 e. The van der Waals surface area contributed by atoms with E-state index in [4.69, 9.17) is 4.74 Å². The summed E-state index contributed by atoms with van der Waals surface area (Å²) in [5, 5.41) is 17.5. The zero-order chi connectivity index (χ0) is 23.1. The van der Waals surface area contributed by atoms with Crippen LogP contribution >= 0.6 is 0 Å². The molecule has 1 aliphatic heterocycles.